The highest BCUT2D eigenvalue weighted by Crippen LogP contribution is 2.27. The number of nitro groups is 1. The number of nitrogens with zero attached hydrogens (tertiary/aromatic N) is 1. The van der Waals surface area contributed by atoms with Crippen LogP contribution in [-0.2, 0) is 0 Å². The molecule has 0 atom stereocenters. The van der Waals surface area contributed by atoms with Crippen molar-refractivity contribution in [3.63, 3.8) is 0 Å². The molecule has 0 bridgehead atoms. The molecule has 0 unspecified atom stereocenters. The second-order valence-corrected chi connectivity index (χ2v) is 3.14. The quantitative estimate of drug-likeness (QED) is 0.606. The van der Waals surface area contributed by atoms with E-state index in [1.807, 2.05) is 0 Å². The number of aliphatic hydroxyl groups excluding tert-OH is 1. The molecule has 0 aromatic heterocycles. The first-order chi connectivity index (χ1) is 7.11. The van der Waals surface area contributed by atoms with Crippen molar-refractivity contribution in [1.29, 1.82) is 0 Å². The molecule has 0 amide bonds. The van der Waals surface area contributed by atoms with Crippen LogP contribution in [0.2, 0.25) is 0 Å². The summed E-state index contributed by atoms with van der Waals surface area (Å²) in [6.07, 6.45) is 1.44. The van der Waals surface area contributed by atoms with E-state index in [-0.39, 0.29) is 12.3 Å². The van der Waals surface area contributed by atoms with Gasteiger partial charge in [-0.25, -0.2) is 0 Å². The summed E-state index contributed by atoms with van der Waals surface area (Å²) in [7, 11) is 0. The van der Waals surface area contributed by atoms with Gasteiger partial charge in [0.25, 0.3) is 5.69 Å². The summed E-state index contributed by atoms with van der Waals surface area (Å²) in [5, 5.41) is 19.7. The molecule has 1 aromatic rings. The summed E-state index contributed by atoms with van der Waals surface area (Å²) < 4.78 is 0. The fourth-order valence-corrected chi connectivity index (χ4v) is 1.38. The standard InChI is InChI=1S/C11H12NO3/c1-3-9-10(8(2)7-13)5-4-6-11(9)12(14)15/h3-6,13H,1,7H2,2H3. The molecule has 1 radical (unpaired) electrons. The van der Waals surface area contributed by atoms with E-state index in [2.05, 4.69) is 6.58 Å². The minimum Gasteiger partial charge on any atom is -0.395 e. The molecule has 1 rings (SSSR count). The van der Waals surface area contributed by atoms with Gasteiger partial charge in [0.2, 0.25) is 0 Å². The number of hydrogen-bond acceptors (Lipinski definition) is 3. The van der Waals surface area contributed by atoms with Crippen molar-refractivity contribution >= 4 is 11.8 Å². The lowest BCUT2D eigenvalue weighted by Crippen LogP contribution is -2.04. The van der Waals surface area contributed by atoms with E-state index < -0.39 is 4.92 Å². The molecule has 4 heteroatoms. The Bertz CT molecular complexity index is 387. The molecule has 1 N–H and O–H groups in total. The lowest BCUT2D eigenvalue weighted by molar-refractivity contribution is -0.385. The van der Waals surface area contributed by atoms with E-state index in [9.17, 15) is 10.1 Å². The van der Waals surface area contributed by atoms with Gasteiger partial charge in [-0.15, -0.1) is 0 Å². The Balaban J connectivity index is 3.34. The largest absolute Gasteiger partial charge is 0.395 e. The topological polar surface area (TPSA) is 63.4 Å². The summed E-state index contributed by atoms with van der Waals surface area (Å²) in [6, 6.07) is 4.75. The Morgan fingerprint density at radius 3 is 2.80 bits per heavy atom. The van der Waals surface area contributed by atoms with Gasteiger partial charge in [0, 0.05) is 12.0 Å². The maximum absolute atomic E-state index is 10.7. The third kappa shape index (κ3) is 2.22. The molecule has 0 saturated heterocycles. The first-order valence-corrected chi connectivity index (χ1v) is 4.45. The molecule has 1 aromatic carbocycles. The maximum atomic E-state index is 10.7. The number of hydrogen-bond donors (Lipinski definition) is 1. The molecular formula is C11H12NO3. The summed E-state index contributed by atoms with van der Waals surface area (Å²) >= 11 is 0. The van der Waals surface area contributed by atoms with Crippen LogP contribution in [0.15, 0.2) is 24.8 Å². The lowest BCUT2D eigenvalue weighted by atomic mass is 9.95. The third-order valence-electron chi connectivity index (χ3n) is 2.18. The highest BCUT2D eigenvalue weighted by atomic mass is 16.6. The Hall–Kier alpha value is -1.68. The minimum atomic E-state index is -0.453. The molecule has 0 spiro atoms. The van der Waals surface area contributed by atoms with Crippen molar-refractivity contribution < 1.29 is 10.0 Å². The summed E-state index contributed by atoms with van der Waals surface area (Å²) in [5.74, 6) is 0.689. The number of rotatable bonds is 4. The Morgan fingerprint density at radius 2 is 2.33 bits per heavy atom. The molecule has 0 fully saturated rings. The summed E-state index contributed by atoms with van der Waals surface area (Å²) in [4.78, 5) is 10.3. The molecule has 0 aliphatic heterocycles. The number of aliphatic hydroxyl groups is 1. The van der Waals surface area contributed by atoms with Crippen LogP contribution in [0.3, 0.4) is 0 Å². The smallest absolute Gasteiger partial charge is 0.276 e. The number of nitro benzene ring substituents is 1. The van der Waals surface area contributed by atoms with Gasteiger partial charge in [-0.1, -0.05) is 31.7 Å². The van der Waals surface area contributed by atoms with Gasteiger partial charge in [0.1, 0.15) is 0 Å². The van der Waals surface area contributed by atoms with E-state index in [1.54, 1.807) is 19.1 Å². The van der Waals surface area contributed by atoms with E-state index in [1.165, 1.54) is 12.1 Å². The molecular weight excluding hydrogens is 194 g/mol. The Morgan fingerprint density at radius 1 is 1.67 bits per heavy atom. The first-order valence-electron chi connectivity index (χ1n) is 4.45. The second kappa shape index (κ2) is 4.70. The van der Waals surface area contributed by atoms with E-state index in [0.29, 0.717) is 17.0 Å². The zero-order valence-electron chi connectivity index (χ0n) is 8.43. The van der Waals surface area contributed by atoms with Crippen molar-refractivity contribution in [3.05, 3.63) is 51.9 Å². The first kappa shape index (κ1) is 11.4. The zero-order chi connectivity index (χ0) is 11.4. The monoisotopic (exact) mass is 206 g/mol. The molecule has 0 aliphatic rings. The van der Waals surface area contributed by atoms with Crippen molar-refractivity contribution in [2.24, 2.45) is 0 Å². The van der Waals surface area contributed by atoms with Crippen molar-refractivity contribution in [3.8, 4) is 0 Å². The average molecular weight is 206 g/mol. The van der Waals surface area contributed by atoms with E-state index >= 15 is 0 Å². The van der Waals surface area contributed by atoms with Crippen LogP contribution in [0.4, 0.5) is 5.69 Å². The van der Waals surface area contributed by atoms with Gasteiger partial charge in [-0.2, -0.15) is 0 Å². The van der Waals surface area contributed by atoms with Crippen molar-refractivity contribution in [2.45, 2.75) is 6.92 Å². The van der Waals surface area contributed by atoms with Crippen LogP contribution >= 0.6 is 0 Å². The molecule has 15 heavy (non-hydrogen) atoms. The molecule has 4 nitrogen and oxygen atoms in total. The molecule has 79 valence electrons. The second-order valence-electron chi connectivity index (χ2n) is 3.14. The van der Waals surface area contributed by atoms with Crippen LogP contribution in [0.5, 0.6) is 0 Å². The minimum absolute atomic E-state index is 0.00954. The SMILES string of the molecule is C=Cc1c([C](C)CO)cccc1[N+](=O)[O-]. The van der Waals surface area contributed by atoms with Gasteiger partial charge in [0.05, 0.1) is 17.1 Å². The van der Waals surface area contributed by atoms with Gasteiger partial charge >= 0.3 is 0 Å². The Kier molecular flexibility index (Phi) is 3.57. The molecule has 0 saturated carbocycles. The van der Waals surface area contributed by atoms with Gasteiger partial charge in [-0.3, -0.25) is 10.1 Å². The van der Waals surface area contributed by atoms with Crippen LogP contribution in [0.1, 0.15) is 18.1 Å². The van der Waals surface area contributed by atoms with Crippen molar-refractivity contribution in [1.82, 2.24) is 0 Å². The van der Waals surface area contributed by atoms with Crippen LogP contribution in [0.25, 0.3) is 6.08 Å². The zero-order valence-corrected chi connectivity index (χ0v) is 8.43. The van der Waals surface area contributed by atoms with Gasteiger partial charge in [-0.05, 0) is 5.56 Å². The molecule has 0 heterocycles. The fourth-order valence-electron chi connectivity index (χ4n) is 1.38. The van der Waals surface area contributed by atoms with Crippen molar-refractivity contribution in [2.75, 3.05) is 6.61 Å². The highest BCUT2D eigenvalue weighted by Gasteiger charge is 2.17. The maximum Gasteiger partial charge on any atom is 0.276 e. The third-order valence-corrected chi connectivity index (χ3v) is 2.18. The van der Waals surface area contributed by atoms with Crippen LogP contribution in [-0.4, -0.2) is 16.6 Å². The average Bonchev–Trinajstić information content (AvgIpc) is 2.26. The lowest BCUT2D eigenvalue weighted by Gasteiger charge is -2.11. The van der Waals surface area contributed by atoms with E-state index in [0.717, 1.165) is 0 Å². The Labute approximate surface area is 88.0 Å². The van der Waals surface area contributed by atoms with Gasteiger partial charge < -0.3 is 5.11 Å². The van der Waals surface area contributed by atoms with E-state index in [4.69, 9.17) is 5.11 Å². The predicted octanol–water partition coefficient (Wildman–Crippen LogP) is 2.17. The number of benzene rings is 1. The normalized spacial score (nSPS) is 10.3. The predicted molar refractivity (Wildman–Crippen MR) is 58.3 cm³/mol. The van der Waals surface area contributed by atoms with Gasteiger partial charge in [0.15, 0.2) is 0 Å². The van der Waals surface area contributed by atoms with Crippen LogP contribution in [0, 0.1) is 16.0 Å². The fraction of sp³-hybridized carbons (Fsp3) is 0.182. The molecule has 0 aliphatic carbocycles. The summed E-state index contributed by atoms with van der Waals surface area (Å²) in [5.41, 5.74) is 1.13. The highest BCUT2D eigenvalue weighted by molar-refractivity contribution is 5.66. The summed E-state index contributed by atoms with van der Waals surface area (Å²) in [6.45, 7) is 5.16. The van der Waals surface area contributed by atoms with Crippen LogP contribution < -0.4 is 0 Å².